The van der Waals surface area contributed by atoms with Crippen LogP contribution in [0.2, 0.25) is 0 Å². The Morgan fingerprint density at radius 2 is 2.19 bits per heavy atom. The maximum atomic E-state index is 11.4. The molecule has 0 unspecified atom stereocenters. The van der Waals surface area contributed by atoms with Crippen LogP contribution in [0.5, 0.6) is 0 Å². The molecule has 0 N–H and O–H groups in total. The smallest absolute Gasteiger partial charge is 0.342 e. The summed E-state index contributed by atoms with van der Waals surface area (Å²) < 4.78 is 9.72. The van der Waals surface area contributed by atoms with E-state index < -0.39 is 11.9 Å². The van der Waals surface area contributed by atoms with Crippen LogP contribution in [0.1, 0.15) is 31.1 Å². The molecular weight excluding hydrogens is 208 g/mol. The van der Waals surface area contributed by atoms with Crippen molar-refractivity contribution in [2.45, 2.75) is 26.7 Å². The summed E-state index contributed by atoms with van der Waals surface area (Å²) in [6.45, 7) is 3.76. The van der Waals surface area contributed by atoms with Gasteiger partial charge in [0.1, 0.15) is 5.76 Å². The molecule has 1 saturated heterocycles. The zero-order chi connectivity index (χ0) is 11.7. The Bertz CT molecular complexity index is 479. The van der Waals surface area contributed by atoms with E-state index in [4.69, 9.17) is 4.42 Å². The third-order valence-electron chi connectivity index (χ3n) is 2.57. The largest absolute Gasteiger partial charge is 0.469 e. The van der Waals surface area contributed by atoms with E-state index in [0.29, 0.717) is 12.0 Å². The molecule has 0 bridgehead atoms. The molecule has 0 spiro atoms. The zero-order valence-electron chi connectivity index (χ0n) is 9.20. The van der Waals surface area contributed by atoms with Gasteiger partial charge in [-0.25, -0.2) is 4.79 Å². The van der Waals surface area contributed by atoms with Crippen molar-refractivity contribution >= 4 is 17.5 Å². The number of rotatable bonds is 2. The zero-order valence-corrected chi connectivity index (χ0v) is 9.20. The van der Waals surface area contributed by atoms with Gasteiger partial charge in [-0.1, -0.05) is 6.92 Å². The van der Waals surface area contributed by atoms with Gasteiger partial charge in [0.05, 0.1) is 18.3 Å². The summed E-state index contributed by atoms with van der Waals surface area (Å²) in [7, 11) is 0. The first-order valence-corrected chi connectivity index (χ1v) is 5.14. The molecule has 1 aliphatic rings. The van der Waals surface area contributed by atoms with E-state index in [1.165, 1.54) is 0 Å². The molecule has 0 amide bonds. The lowest BCUT2D eigenvalue weighted by Gasteiger charge is -2.02. The maximum absolute atomic E-state index is 11.4. The average molecular weight is 220 g/mol. The first-order valence-electron chi connectivity index (χ1n) is 5.14. The number of furan rings is 1. The minimum absolute atomic E-state index is 0.0617. The van der Waals surface area contributed by atoms with E-state index in [9.17, 15) is 9.59 Å². The summed E-state index contributed by atoms with van der Waals surface area (Å²) >= 11 is 0. The molecule has 0 aliphatic carbocycles. The summed E-state index contributed by atoms with van der Waals surface area (Å²) in [4.78, 5) is 22.5. The molecule has 16 heavy (non-hydrogen) atoms. The number of hydrogen-bond donors (Lipinski definition) is 0. The second-order valence-corrected chi connectivity index (χ2v) is 3.69. The second-order valence-electron chi connectivity index (χ2n) is 3.69. The summed E-state index contributed by atoms with van der Waals surface area (Å²) in [5.74, 6) is -0.230. The van der Waals surface area contributed by atoms with Crippen molar-refractivity contribution in [1.29, 1.82) is 0 Å². The normalized spacial score (nSPS) is 18.9. The second kappa shape index (κ2) is 3.96. The minimum Gasteiger partial charge on any atom is -0.469 e. The lowest BCUT2D eigenvalue weighted by molar-refractivity contribution is -0.151. The van der Waals surface area contributed by atoms with Gasteiger partial charge in [-0.15, -0.1) is 0 Å². The molecule has 4 nitrogen and oxygen atoms in total. The number of cyclic esters (lactones) is 2. The van der Waals surface area contributed by atoms with Gasteiger partial charge in [0.25, 0.3) is 0 Å². The van der Waals surface area contributed by atoms with E-state index in [1.54, 1.807) is 6.26 Å². The lowest BCUT2D eigenvalue weighted by Crippen LogP contribution is -1.99. The Morgan fingerprint density at radius 3 is 2.62 bits per heavy atom. The van der Waals surface area contributed by atoms with Crippen molar-refractivity contribution in [1.82, 2.24) is 0 Å². The molecule has 1 aliphatic heterocycles. The van der Waals surface area contributed by atoms with Crippen LogP contribution < -0.4 is 0 Å². The number of esters is 2. The molecule has 0 aromatic carbocycles. The SMILES string of the molecule is CCC(=C1CC(=O)OC1=O)c1coc(C)c1. The molecule has 2 rings (SSSR count). The summed E-state index contributed by atoms with van der Waals surface area (Å²) in [5, 5.41) is 0. The van der Waals surface area contributed by atoms with E-state index in [1.807, 2.05) is 19.9 Å². The van der Waals surface area contributed by atoms with E-state index in [-0.39, 0.29) is 6.42 Å². The van der Waals surface area contributed by atoms with Crippen molar-refractivity contribution < 1.29 is 18.7 Å². The Balaban J connectivity index is 2.46. The van der Waals surface area contributed by atoms with Crippen LogP contribution in [0.15, 0.2) is 22.3 Å². The average Bonchev–Trinajstić information content (AvgIpc) is 2.76. The molecule has 0 radical (unpaired) electrons. The summed E-state index contributed by atoms with van der Waals surface area (Å²) in [6.07, 6.45) is 2.32. The van der Waals surface area contributed by atoms with Crippen molar-refractivity contribution in [3.63, 3.8) is 0 Å². The molecule has 84 valence electrons. The van der Waals surface area contributed by atoms with Crippen LogP contribution in [0.3, 0.4) is 0 Å². The number of aryl methyl sites for hydroxylation is 1. The Kier molecular flexibility index (Phi) is 2.64. The van der Waals surface area contributed by atoms with Gasteiger partial charge >= 0.3 is 11.9 Å². The Labute approximate surface area is 92.9 Å². The summed E-state index contributed by atoms with van der Waals surface area (Å²) in [5.41, 5.74) is 2.13. The van der Waals surface area contributed by atoms with Gasteiger partial charge in [0.2, 0.25) is 0 Å². The van der Waals surface area contributed by atoms with Crippen LogP contribution in [-0.4, -0.2) is 11.9 Å². The Hall–Kier alpha value is -1.84. The number of carbonyl (C=O) groups excluding carboxylic acids is 2. The van der Waals surface area contributed by atoms with Gasteiger partial charge in [0, 0.05) is 5.56 Å². The van der Waals surface area contributed by atoms with Crippen LogP contribution in [0.25, 0.3) is 5.57 Å². The molecule has 1 aromatic heterocycles. The minimum atomic E-state index is -0.527. The molecule has 1 aromatic rings. The molecule has 4 heteroatoms. The highest BCUT2D eigenvalue weighted by atomic mass is 16.6. The van der Waals surface area contributed by atoms with Crippen LogP contribution >= 0.6 is 0 Å². The number of carbonyl (C=O) groups is 2. The van der Waals surface area contributed by atoms with Gasteiger partial charge < -0.3 is 9.15 Å². The predicted octanol–water partition coefficient (Wildman–Crippen LogP) is 2.23. The molecule has 1 fully saturated rings. The predicted molar refractivity (Wildman–Crippen MR) is 56.4 cm³/mol. The van der Waals surface area contributed by atoms with Gasteiger partial charge in [-0.3, -0.25) is 4.79 Å². The fourth-order valence-corrected chi connectivity index (χ4v) is 1.84. The van der Waals surface area contributed by atoms with E-state index in [2.05, 4.69) is 4.74 Å². The summed E-state index contributed by atoms with van der Waals surface area (Å²) in [6, 6.07) is 1.85. The number of ether oxygens (including phenoxy) is 1. The van der Waals surface area contributed by atoms with Gasteiger partial charge in [-0.05, 0) is 25.0 Å². The first-order chi connectivity index (χ1) is 7.61. The molecule has 0 atom stereocenters. The standard InChI is InChI=1S/C12H12O4/c1-3-9(8-4-7(2)15-6-8)10-5-11(13)16-12(10)14/h4,6H,3,5H2,1-2H3. The topological polar surface area (TPSA) is 56.5 Å². The van der Waals surface area contributed by atoms with Crippen LogP contribution in [0, 0.1) is 6.92 Å². The molecule has 0 saturated carbocycles. The quantitative estimate of drug-likeness (QED) is 0.435. The van der Waals surface area contributed by atoms with Crippen LogP contribution in [0.4, 0.5) is 0 Å². The highest BCUT2D eigenvalue weighted by molar-refractivity contribution is 6.10. The highest BCUT2D eigenvalue weighted by Gasteiger charge is 2.30. The number of allylic oxidation sites excluding steroid dienone is 1. The lowest BCUT2D eigenvalue weighted by atomic mass is 9.99. The fraction of sp³-hybridized carbons (Fsp3) is 0.333. The maximum Gasteiger partial charge on any atom is 0.342 e. The van der Waals surface area contributed by atoms with Gasteiger partial charge in [-0.2, -0.15) is 0 Å². The third-order valence-corrected chi connectivity index (χ3v) is 2.57. The third kappa shape index (κ3) is 1.78. The molecular formula is C12H12O4. The van der Waals surface area contributed by atoms with E-state index >= 15 is 0 Å². The van der Waals surface area contributed by atoms with Crippen molar-refractivity contribution in [2.75, 3.05) is 0 Å². The van der Waals surface area contributed by atoms with Crippen molar-refractivity contribution in [2.24, 2.45) is 0 Å². The highest BCUT2D eigenvalue weighted by Crippen LogP contribution is 2.29. The van der Waals surface area contributed by atoms with Crippen molar-refractivity contribution in [3.8, 4) is 0 Å². The number of hydrogen-bond acceptors (Lipinski definition) is 4. The first kappa shape index (κ1) is 10.7. The fourth-order valence-electron chi connectivity index (χ4n) is 1.84. The van der Waals surface area contributed by atoms with E-state index in [0.717, 1.165) is 16.9 Å². The van der Waals surface area contributed by atoms with Gasteiger partial charge in [0.15, 0.2) is 0 Å². The van der Waals surface area contributed by atoms with Crippen molar-refractivity contribution in [3.05, 3.63) is 29.2 Å². The van der Waals surface area contributed by atoms with Crippen LogP contribution in [-0.2, 0) is 14.3 Å². The Morgan fingerprint density at radius 1 is 1.44 bits per heavy atom. The molecule has 2 heterocycles. The monoisotopic (exact) mass is 220 g/mol.